The summed E-state index contributed by atoms with van der Waals surface area (Å²) in [5.41, 5.74) is 2.47. The minimum atomic E-state index is 0.0392. The molecule has 1 unspecified atom stereocenters. The Kier molecular flexibility index (Phi) is 5.86. The van der Waals surface area contributed by atoms with E-state index in [1.807, 2.05) is 13.8 Å². The highest BCUT2D eigenvalue weighted by Gasteiger charge is 2.09. The highest BCUT2D eigenvalue weighted by molar-refractivity contribution is 5.78. The molecule has 0 aliphatic heterocycles. The van der Waals surface area contributed by atoms with Crippen LogP contribution in [0.25, 0.3) is 0 Å². The van der Waals surface area contributed by atoms with E-state index in [9.17, 15) is 4.79 Å². The molecule has 18 heavy (non-hydrogen) atoms. The summed E-state index contributed by atoms with van der Waals surface area (Å²) in [5.74, 6) is 0.579. The molecule has 0 spiro atoms. The maximum absolute atomic E-state index is 11.6. The van der Waals surface area contributed by atoms with Crippen molar-refractivity contribution in [1.82, 2.24) is 10.6 Å². The van der Waals surface area contributed by atoms with Gasteiger partial charge in [-0.2, -0.15) is 0 Å². The van der Waals surface area contributed by atoms with E-state index < -0.39 is 0 Å². The van der Waals surface area contributed by atoms with E-state index >= 15 is 0 Å². The fourth-order valence-corrected chi connectivity index (χ4v) is 1.78. The molecule has 0 saturated carbocycles. The van der Waals surface area contributed by atoms with Crippen molar-refractivity contribution in [2.45, 2.75) is 39.7 Å². The maximum atomic E-state index is 11.6. The van der Waals surface area contributed by atoms with Crippen molar-refractivity contribution in [3.8, 4) is 0 Å². The molecule has 0 aliphatic carbocycles. The Morgan fingerprint density at radius 3 is 2.17 bits per heavy atom. The van der Waals surface area contributed by atoms with Crippen LogP contribution < -0.4 is 10.6 Å². The van der Waals surface area contributed by atoms with E-state index in [1.54, 1.807) is 0 Å². The van der Waals surface area contributed by atoms with Crippen molar-refractivity contribution in [2.75, 3.05) is 13.1 Å². The van der Waals surface area contributed by atoms with Gasteiger partial charge in [0, 0.05) is 0 Å². The Morgan fingerprint density at radius 2 is 1.67 bits per heavy atom. The van der Waals surface area contributed by atoms with E-state index in [0.29, 0.717) is 12.5 Å². The lowest BCUT2D eigenvalue weighted by molar-refractivity contribution is -0.120. The molecule has 0 heterocycles. The van der Waals surface area contributed by atoms with E-state index in [0.717, 1.165) is 12.1 Å². The third-order valence-corrected chi connectivity index (χ3v) is 3.02. The smallest absolute Gasteiger partial charge is 0.234 e. The van der Waals surface area contributed by atoms with Crippen molar-refractivity contribution in [2.24, 2.45) is 0 Å². The number of carbonyl (C=O) groups is 1. The van der Waals surface area contributed by atoms with Gasteiger partial charge in [0.05, 0.1) is 12.6 Å². The Balaban J connectivity index is 2.56. The van der Waals surface area contributed by atoms with Crippen molar-refractivity contribution >= 4 is 5.91 Å². The van der Waals surface area contributed by atoms with Crippen molar-refractivity contribution in [3.63, 3.8) is 0 Å². The quantitative estimate of drug-likeness (QED) is 0.812. The fourth-order valence-electron chi connectivity index (χ4n) is 1.78. The van der Waals surface area contributed by atoms with E-state index in [4.69, 9.17) is 0 Å². The van der Waals surface area contributed by atoms with Crippen molar-refractivity contribution in [1.29, 1.82) is 0 Å². The first-order valence-corrected chi connectivity index (χ1v) is 6.64. The molecule has 2 N–H and O–H groups in total. The Bertz CT molecular complexity index is 371. The van der Waals surface area contributed by atoms with Gasteiger partial charge < -0.3 is 10.6 Å². The van der Waals surface area contributed by atoms with E-state index in [-0.39, 0.29) is 11.9 Å². The number of hydrogen-bond acceptors (Lipinski definition) is 2. The SMILES string of the molecule is CCNCC(=O)NC(C)c1ccc(C(C)C)cc1. The van der Waals surface area contributed by atoms with Crippen LogP contribution in [-0.4, -0.2) is 19.0 Å². The van der Waals surface area contributed by atoms with Crippen LogP contribution in [0.15, 0.2) is 24.3 Å². The Labute approximate surface area is 110 Å². The normalized spacial score (nSPS) is 12.5. The van der Waals surface area contributed by atoms with E-state index in [2.05, 4.69) is 48.7 Å². The van der Waals surface area contributed by atoms with Crippen LogP contribution in [0.4, 0.5) is 0 Å². The zero-order valence-corrected chi connectivity index (χ0v) is 11.8. The van der Waals surface area contributed by atoms with Gasteiger partial charge in [0.2, 0.25) is 5.91 Å². The number of likely N-dealkylation sites (N-methyl/N-ethyl adjacent to an activating group) is 1. The van der Waals surface area contributed by atoms with Gasteiger partial charge in [-0.05, 0) is 30.5 Å². The first kappa shape index (κ1) is 14.7. The highest BCUT2D eigenvalue weighted by Crippen LogP contribution is 2.18. The predicted molar refractivity (Wildman–Crippen MR) is 75.6 cm³/mol. The standard InChI is InChI=1S/C15H24N2O/c1-5-16-10-15(18)17-12(4)14-8-6-13(7-9-14)11(2)3/h6-9,11-12,16H,5,10H2,1-4H3,(H,17,18). The van der Waals surface area contributed by atoms with Crippen molar-refractivity contribution < 1.29 is 4.79 Å². The summed E-state index contributed by atoms with van der Waals surface area (Å²) in [7, 11) is 0. The van der Waals surface area contributed by atoms with Gasteiger partial charge in [0.1, 0.15) is 0 Å². The van der Waals surface area contributed by atoms with Crippen LogP contribution in [-0.2, 0) is 4.79 Å². The molecule has 0 saturated heterocycles. The Hall–Kier alpha value is -1.35. The lowest BCUT2D eigenvalue weighted by Gasteiger charge is -2.15. The molecule has 0 fully saturated rings. The van der Waals surface area contributed by atoms with Crippen LogP contribution >= 0.6 is 0 Å². The second kappa shape index (κ2) is 7.17. The van der Waals surface area contributed by atoms with Gasteiger partial charge in [-0.25, -0.2) is 0 Å². The summed E-state index contributed by atoms with van der Waals surface area (Å²) in [5, 5.41) is 6.00. The molecule has 1 atom stereocenters. The van der Waals surface area contributed by atoms with Crippen LogP contribution in [0, 0.1) is 0 Å². The molecular formula is C15H24N2O. The summed E-state index contributed by atoms with van der Waals surface area (Å²) >= 11 is 0. The zero-order chi connectivity index (χ0) is 13.5. The molecule has 100 valence electrons. The first-order chi connectivity index (χ1) is 8.54. The summed E-state index contributed by atoms with van der Waals surface area (Å²) < 4.78 is 0. The number of nitrogens with one attached hydrogen (secondary N) is 2. The molecule has 3 heteroatoms. The molecule has 1 amide bonds. The van der Waals surface area contributed by atoms with Gasteiger partial charge in [-0.1, -0.05) is 45.0 Å². The number of carbonyl (C=O) groups excluding carboxylic acids is 1. The summed E-state index contributed by atoms with van der Waals surface area (Å²) in [4.78, 5) is 11.6. The summed E-state index contributed by atoms with van der Waals surface area (Å²) in [6.07, 6.45) is 0. The third-order valence-electron chi connectivity index (χ3n) is 3.02. The van der Waals surface area contributed by atoms with Crippen molar-refractivity contribution in [3.05, 3.63) is 35.4 Å². The largest absolute Gasteiger partial charge is 0.348 e. The highest BCUT2D eigenvalue weighted by atomic mass is 16.1. The predicted octanol–water partition coefficient (Wildman–Crippen LogP) is 2.60. The zero-order valence-electron chi connectivity index (χ0n) is 11.8. The van der Waals surface area contributed by atoms with Crippen LogP contribution in [0.1, 0.15) is 50.8 Å². The number of benzene rings is 1. The minimum absolute atomic E-state index is 0.0392. The first-order valence-electron chi connectivity index (χ1n) is 6.64. The average molecular weight is 248 g/mol. The lowest BCUT2D eigenvalue weighted by atomic mass is 9.99. The van der Waals surface area contributed by atoms with E-state index in [1.165, 1.54) is 5.56 Å². The molecule has 1 aromatic rings. The molecule has 1 rings (SSSR count). The average Bonchev–Trinajstić information content (AvgIpc) is 2.36. The fraction of sp³-hybridized carbons (Fsp3) is 0.533. The summed E-state index contributed by atoms with van der Waals surface area (Å²) in [6, 6.07) is 8.50. The third kappa shape index (κ3) is 4.49. The minimum Gasteiger partial charge on any atom is -0.348 e. The van der Waals surface area contributed by atoms with Crippen LogP contribution in [0.3, 0.4) is 0 Å². The molecule has 0 aromatic heterocycles. The molecule has 3 nitrogen and oxygen atoms in total. The second-order valence-corrected chi connectivity index (χ2v) is 4.89. The lowest BCUT2D eigenvalue weighted by Crippen LogP contribution is -2.35. The molecule has 1 aromatic carbocycles. The Morgan fingerprint density at radius 1 is 1.11 bits per heavy atom. The molecular weight excluding hydrogens is 224 g/mol. The molecule has 0 radical (unpaired) electrons. The van der Waals surface area contributed by atoms with Crippen LogP contribution in [0.2, 0.25) is 0 Å². The van der Waals surface area contributed by atoms with Gasteiger partial charge in [0.15, 0.2) is 0 Å². The number of rotatable bonds is 6. The molecule has 0 bridgehead atoms. The topological polar surface area (TPSA) is 41.1 Å². The monoisotopic (exact) mass is 248 g/mol. The number of hydrogen-bond donors (Lipinski definition) is 2. The maximum Gasteiger partial charge on any atom is 0.234 e. The van der Waals surface area contributed by atoms with Gasteiger partial charge in [-0.3, -0.25) is 4.79 Å². The molecule has 0 aliphatic rings. The second-order valence-electron chi connectivity index (χ2n) is 4.89. The van der Waals surface area contributed by atoms with Crippen LogP contribution in [0.5, 0.6) is 0 Å². The summed E-state index contributed by atoms with van der Waals surface area (Å²) in [6.45, 7) is 9.54. The van der Waals surface area contributed by atoms with Gasteiger partial charge in [0.25, 0.3) is 0 Å². The number of amides is 1. The van der Waals surface area contributed by atoms with Gasteiger partial charge in [-0.15, -0.1) is 0 Å². The van der Waals surface area contributed by atoms with Gasteiger partial charge >= 0.3 is 0 Å².